The fraction of sp³-hybridized carbons (Fsp3) is 0.250. The maximum atomic E-state index is 5.53. The van der Waals surface area contributed by atoms with Crippen molar-refractivity contribution in [2.24, 2.45) is 0 Å². The lowest BCUT2D eigenvalue weighted by Crippen LogP contribution is -1.95. The summed E-state index contributed by atoms with van der Waals surface area (Å²) in [6.45, 7) is 2.59. The van der Waals surface area contributed by atoms with Gasteiger partial charge in [0.1, 0.15) is 0 Å². The molecule has 19 heavy (non-hydrogen) atoms. The van der Waals surface area contributed by atoms with Crippen molar-refractivity contribution in [3.63, 3.8) is 0 Å². The van der Waals surface area contributed by atoms with Crippen LogP contribution < -0.4 is 14.8 Å². The molecule has 0 radical (unpaired) electrons. The molecule has 0 fully saturated rings. The lowest BCUT2D eigenvalue weighted by atomic mass is 10.0. The largest absolute Gasteiger partial charge is 0.493 e. The lowest BCUT2D eigenvalue weighted by Gasteiger charge is -2.11. The Hall–Kier alpha value is -2.16. The molecule has 0 bridgehead atoms. The minimum absolute atomic E-state index is 0.630. The highest BCUT2D eigenvalue weighted by molar-refractivity contribution is 5.70. The van der Waals surface area contributed by atoms with Crippen LogP contribution in [0.5, 0.6) is 11.5 Å². The highest BCUT2D eigenvalue weighted by Crippen LogP contribution is 2.33. The number of methoxy groups -OCH3 is 1. The van der Waals surface area contributed by atoms with Crippen LogP contribution in [0.15, 0.2) is 42.5 Å². The zero-order valence-corrected chi connectivity index (χ0v) is 11.6. The summed E-state index contributed by atoms with van der Waals surface area (Å²) >= 11 is 0. The van der Waals surface area contributed by atoms with Gasteiger partial charge in [-0.2, -0.15) is 0 Å². The van der Waals surface area contributed by atoms with Crippen molar-refractivity contribution in [1.82, 2.24) is 0 Å². The monoisotopic (exact) mass is 257 g/mol. The molecule has 0 atom stereocenters. The second-order valence-electron chi connectivity index (χ2n) is 4.13. The van der Waals surface area contributed by atoms with Gasteiger partial charge in [-0.3, -0.25) is 0 Å². The van der Waals surface area contributed by atoms with Crippen molar-refractivity contribution in [1.29, 1.82) is 0 Å². The molecule has 100 valence electrons. The van der Waals surface area contributed by atoms with Crippen molar-refractivity contribution in [2.75, 3.05) is 26.1 Å². The minimum Gasteiger partial charge on any atom is -0.493 e. The van der Waals surface area contributed by atoms with Crippen LogP contribution in [0.25, 0.3) is 11.1 Å². The Morgan fingerprint density at radius 1 is 1.00 bits per heavy atom. The Labute approximate surface area is 114 Å². The van der Waals surface area contributed by atoms with E-state index in [1.165, 1.54) is 0 Å². The maximum Gasteiger partial charge on any atom is 0.161 e. The van der Waals surface area contributed by atoms with Crippen LogP contribution in [0.1, 0.15) is 6.92 Å². The molecule has 0 heterocycles. The average Bonchev–Trinajstić information content (AvgIpc) is 2.48. The van der Waals surface area contributed by atoms with Gasteiger partial charge in [0.2, 0.25) is 0 Å². The predicted octanol–water partition coefficient (Wildman–Crippen LogP) is 3.80. The molecule has 0 unspecified atom stereocenters. The van der Waals surface area contributed by atoms with E-state index in [4.69, 9.17) is 9.47 Å². The third-order valence-corrected chi connectivity index (χ3v) is 2.95. The van der Waals surface area contributed by atoms with Crippen LogP contribution in [0.4, 0.5) is 5.69 Å². The van der Waals surface area contributed by atoms with Crippen LogP contribution in [0, 0.1) is 0 Å². The molecule has 3 nitrogen and oxygen atoms in total. The first-order valence-electron chi connectivity index (χ1n) is 6.37. The molecule has 2 aromatic carbocycles. The van der Waals surface area contributed by atoms with Gasteiger partial charge in [0, 0.05) is 12.7 Å². The van der Waals surface area contributed by atoms with Gasteiger partial charge in [-0.05, 0) is 42.3 Å². The Balaban J connectivity index is 2.39. The average molecular weight is 257 g/mol. The predicted molar refractivity (Wildman–Crippen MR) is 79.1 cm³/mol. The molecule has 2 rings (SSSR count). The number of ether oxygens (including phenoxy) is 2. The second-order valence-corrected chi connectivity index (χ2v) is 4.13. The first kappa shape index (κ1) is 13.3. The SMILES string of the molecule is CCOc1ccc(-c2cccc(NC)c2)cc1OC. The molecule has 0 saturated carbocycles. The Kier molecular flexibility index (Phi) is 4.29. The van der Waals surface area contributed by atoms with E-state index < -0.39 is 0 Å². The summed E-state index contributed by atoms with van der Waals surface area (Å²) in [7, 11) is 3.57. The van der Waals surface area contributed by atoms with E-state index in [0.29, 0.717) is 6.61 Å². The van der Waals surface area contributed by atoms with Crippen molar-refractivity contribution in [3.8, 4) is 22.6 Å². The number of anilines is 1. The van der Waals surface area contributed by atoms with Crippen LogP contribution in [0.3, 0.4) is 0 Å². The van der Waals surface area contributed by atoms with Gasteiger partial charge in [0.05, 0.1) is 13.7 Å². The summed E-state index contributed by atoms with van der Waals surface area (Å²) in [4.78, 5) is 0. The van der Waals surface area contributed by atoms with E-state index in [1.54, 1.807) is 7.11 Å². The maximum absolute atomic E-state index is 5.53. The fourth-order valence-electron chi connectivity index (χ4n) is 1.98. The number of benzene rings is 2. The number of nitrogens with one attached hydrogen (secondary N) is 1. The van der Waals surface area contributed by atoms with E-state index in [1.807, 2.05) is 44.3 Å². The highest BCUT2D eigenvalue weighted by atomic mass is 16.5. The summed E-state index contributed by atoms with van der Waals surface area (Å²) < 4.78 is 10.9. The summed E-state index contributed by atoms with van der Waals surface area (Å²) in [5.41, 5.74) is 3.34. The van der Waals surface area contributed by atoms with Crippen LogP contribution in [-0.4, -0.2) is 20.8 Å². The van der Waals surface area contributed by atoms with E-state index in [0.717, 1.165) is 28.3 Å². The first-order chi connectivity index (χ1) is 9.28. The summed E-state index contributed by atoms with van der Waals surface area (Å²) in [5, 5.41) is 3.14. The second kappa shape index (κ2) is 6.14. The molecule has 0 saturated heterocycles. The van der Waals surface area contributed by atoms with E-state index in [9.17, 15) is 0 Å². The van der Waals surface area contributed by atoms with Crippen molar-refractivity contribution >= 4 is 5.69 Å². The molecule has 0 aliphatic carbocycles. The van der Waals surface area contributed by atoms with Gasteiger partial charge in [-0.15, -0.1) is 0 Å². The fourth-order valence-corrected chi connectivity index (χ4v) is 1.98. The zero-order valence-electron chi connectivity index (χ0n) is 11.6. The summed E-state index contributed by atoms with van der Waals surface area (Å²) in [5.74, 6) is 1.53. The van der Waals surface area contributed by atoms with Crippen LogP contribution in [0.2, 0.25) is 0 Å². The van der Waals surface area contributed by atoms with E-state index in [-0.39, 0.29) is 0 Å². The Morgan fingerprint density at radius 3 is 2.47 bits per heavy atom. The van der Waals surface area contributed by atoms with Crippen LogP contribution in [-0.2, 0) is 0 Å². The van der Waals surface area contributed by atoms with Gasteiger partial charge >= 0.3 is 0 Å². The molecule has 3 heteroatoms. The van der Waals surface area contributed by atoms with Gasteiger partial charge < -0.3 is 14.8 Å². The number of hydrogen-bond donors (Lipinski definition) is 1. The normalized spacial score (nSPS) is 10.1. The van der Waals surface area contributed by atoms with Crippen molar-refractivity contribution in [3.05, 3.63) is 42.5 Å². The third kappa shape index (κ3) is 2.99. The number of rotatable bonds is 5. The van der Waals surface area contributed by atoms with Gasteiger partial charge in [-0.25, -0.2) is 0 Å². The molecule has 1 N–H and O–H groups in total. The molecule has 0 aliphatic rings. The Bertz CT molecular complexity index is 552. The number of hydrogen-bond acceptors (Lipinski definition) is 3. The minimum atomic E-state index is 0.630. The van der Waals surface area contributed by atoms with Crippen molar-refractivity contribution in [2.45, 2.75) is 6.92 Å². The Morgan fingerprint density at radius 2 is 1.79 bits per heavy atom. The van der Waals surface area contributed by atoms with Crippen LogP contribution >= 0.6 is 0 Å². The van der Waals surface area contributed by atoms with E-state index >= 15 is 0 Å². The molecule has 0 aliphatic heterocycles. The zero-order chi connectivity index (χ0) is 13.7. The van der Waals surface area contributed by atoms with Gasteiger partial charge in [-0.1, -0.05) is 18.2 Å². The third-order valence-electron chi connectivity index (χ3n) is 2.95. The van der Waals surface area contributed by atoms with E-state index in [2.05, 4.69) is 17.4 Å². The summed E-state index contributed by atoms with van der Waals surface area (Å²) in [6.07, 6.45) is 0. The topological polar surface area (TPSA) is 30.5 Å². The van der Waals surface area contributed by atoms with Gasteiger partial charge in [0.15, 0.2) is 11.5 Å². The molecule has 0 aromatic heterocycles. The smallest absolute Gasteiger partial charge is 0.161 e. The molecular weight excluding hydrogens is 238 g/mol. The molecule has 0 spiro atoms. The molecular formula is C16H19NO2. The summed E-state index contributed by atoms with van der Waals surface area (Å²) in [6, 6.07) is 14.2. The highest BCUT2D eigenvalue weighted by Gasteiger charge is 2.07. The van der Waals surface area contributed by atoms with Crippen molar-refractivity contribution < 1.29 is 9.47 Å². The lowest BCUT2D eigenvalue weighted by molar-refractivity contribution is 0.311. The first-order valence-corrected chi connectivity index (χ1v) is 6.37. The standard InChI is InChI=1S/C16H19NO2/c1-4-19-15-9-8-13(11-16(15)18-3)12-6-5-7-14(10-12)17-2/h5-11,17H,4H2,1-3H3. The molecule has 2 aromatic rings. The molecule has 0 amide bonds. The van der Waals surface area contributed by atoms with Gasteiger partial charge in [0.25, 0.3) is 0 Å². The quantitative estimate of drug-likeness (QED) is 0.883.